The summed E-state index contributed by atoms with van der Waals surface area (Å²) in [5.74, 6) is 0.859. The predicted octanol–water partition coefficient (Wildman–Crippen LogP) is -0.186. The van der Waals surface area contributed by atoms with Crippen LogP contribution in [0.3, 0.4) is 0 Å². The van der Waals surface area contributed by atoms with E-state index in [-0.39, 0.29) is 18.9 Å². The molecular weight excluding hydrogens is 250 g/mol. The van der Waals surface area contributed by atoms with Crippen molar-refractivity contribution in [2.75, 3.05) is 13.2 Å². The van der Waals surface area contributed by atoms with Crippen LogP contribution in [0.2, 0.25) is 0 Å². The first-order valence-electron chi connectivity index (χ1n) is 6.38. The molecule has 1 unspecified atom stereocenters. The van der Waals surface area contributed by atoms with Crippen LogP contribution in [0, 0.1) is 0 Å². The first-order chi connectivity index (χ1) is 8.96. The first-order valence-corrected chi connectivity index (χ1v) is 6.38. The lowest BCUT2D eigenvalue weighted by Gasteiger charge is -2.20. The van der Waals surface area contributed by atoms with Crippen LogP contribution in [0.4, 0.5) is 0 Å². The fraction of sp³-hybridized carbons (Fsp3) is 0.750. The van der Waals surface area contributed by atoms with Crippen molar-refractivity contribution in [3.05, 3.63) is 11.7 Å². The largest absolute Gasteiger partial charge is 0.393 e. The van der Waals surface area contributed by atoms with Crippen LogP contribution in [-0.4, -0.2) is 45.0 Å². The van der Waals surface area contributed by atoms with E-state index in [0.29, 0.717) is 18.1 Å². The number of rotatable bonds is 8. The Labute approximate surface area is 112 Å². The van der Waals surface area contributed by atoms with Gasteiger partial charge in [-0.25, -0.2) is 0 Å². The Balaban J connectivity index is 2.29. The maximum Gasteiger partial charge on any atom is 0.227 e. The van der Waals surface area contributed by atoms with E-state index in [1.165, 1.54) is 6.92 Å². The minimum Gasteiger partial charge on any atom is -0.393 e. The van der Waals surface area contributed by atoms with Crippen molar-refractivity contribution < 1.29 is 19.5 Å². The maximum absolute atomic E-state index is 11.5. The molecule has 0 fully saturated rings. The minimum absolute atomic E-state index is 0.00719. The SMILES string of the molecule is CCCc1noc(CCC(=O)NCC(C)(O)CO)n1. The molecule has 0 radical (unpaired) electrons. The first kappa shape index (κ1) is 15.6. The van der Waals surface area contributed by atoms with Gasteiger partial charge in [0.15, 0.2) is 5.82 Å². The summed E-state index contributed by atoms with van der Waals surface area (Å²) in [6.45, 7) is 3.07. The highest BCUT2D eigenvalue weighted by Crippen LogP contribution is 2.04. The van der Waals surface area contributed by atoms with Crippen LogP contribution in [0.25, 0.3) is 0 Å². The average molecular weight is 271 g/mol. The van der Waals surface area contributed by atoms with Gasteiger partial charge in [0.2, 0.25) is 11.8 Å². The molecule has 0 spiro atoms. The molecule has 0 aliphatic heterocycles. The molecule has 0 aliphatic carbocycles. The number of nitrogens with zero attached hydrogens (tertiary/aromatic N) is 2. The molecule has 3 N–H and O–H groups in total. The van der Waals surface area contributed by atoms with Gasteiger partial charge in [0.05, 0.1) is 6.61 Å². The van der Waals surface area contributed by atoms with Gasteiger partial charge in [-0.05, 0) is 13.3 Å². The van der Waals surface area contributed by atoms with E-state index in [4.69, 9.17) is 9.63 Å². The van der Waals surface area contributed by atoms with Crippen LogP contribution in [0.1, 0.15) is 38.4 Å². The Morgan fingerprint density at radius 2 is 2.21 bits per heavy atom. The lowest BCUT2D eigenvalue weighted by Crippen LogP contribution is -2.43. The third kappa shape index (κ3) is 5.80. The van der Waals surface area contributed by atoms with Crippen molar-refractivity contribution in [1.82, 2.24) is 15.5 Å². The Kier molecular flexibility index (Phi) is 5.91. The van der Waals surface area contributed by atoms with E-state index in [1.54, 1.807) is 0 Å². The third-order valence-electron chi connectivity index (χ3n) is 2.56. The zero-order chi connectivity index (χ0) is 14.3. The summed E-state index contributed by atoms with van der Waals surface area (Å²) in [6, 6.07) is 0. The molecule has 1 rings (SSSR count). The molecule has 0 saturated carbocycles. The van der Waals surface area contributed by atoms with Crippen molar-refractivity contribution in [1.29, 1.82) is 0 Å². The maximum atomic E-state index is 11.5. The summed E-state index contributed by atoms with van der Waals surface area (Å²) < 4.78 is 5.00. The standard InChI is InChI=1S/C12H21N3O4/c1-3-4-9-14-11(19-15-9)6-5-10(17)13-7-12(2,18)8-16/h16,18H,3-8H2,1-2H3,(H,13,17). The zero-order valence-corrected chi connectivity index (χ0v) is 11.3. The summed E-state index contributed by atoms with van der Waals surface area (Å²) in [4.78, 5) is 15.7. The number of aryl methyl sites for hydroxylation is 2. The summed E-state index contributed by atoms with van der Waals surface area (Å²) in [6.07, 6.45) is 2.27. The lowest BCUT2D eigenvalue weighted by atomic mass is 10.1. The smallest absolute Gasteiger partial charge is 0.227 e. The van der Waals surface area contributed by atoms with E-state index in [9.17, 15) is 9.90 Å². The fourth-order valence-electron chi connectivity index (χ4n) is 1.37. The number of hydrogen-bond donors (Lipinski definition) is 3. The highest BCUT2D eigenvalue weighted by molar-refractivity contribution is 5.76. The molecule has 7 nitrogen and oxygen atoms in total. The van der Waals surface area contributed by atoms with E-state index < -0.39 is 12.2 Å². The van der Waals surface area contributed by atoms with Crippen molar-refractivity contribution in [3.8, 4) is 0 Å². The number of aliphatic hydroxyl groups is 2. The molecule has 19 heavy (non-hydrogen) atoms. The average Bonchev–Trinajstić information content (AvgIpc) is 2.82. The van der Waals surface area contributed by atoms with Crippen molar-refractivity contribution in [2.45, 2.75) is 45.1 Å². The topological polar surface area (TPSA) is 108 Å². The van der Waals surface area contributed by atoms with E-state index in [0.717, 1.165) is 12.8 Å². The number of carbonyl (C=O) groups is 1. The van der Waals surface area contributed by atoms with Gasteiger partial charge >= 0.3 is 0 Å². The number of nitrogens with one attached hydrogen (secondary N) is 1. The molecule has 108 valence electrons. The van der Waals surface area contributed by atoms with Gasteiger partial charge in [-0.1, -0.05) is 12.1 Å². The van der Waals surface area contributed by atoms with Gasteiger partial charge in [-0.2, -0.15) is 4.98 Å². The molecule has 7 heteroatoms. The number of aliphatic hydroxyl groups excluding tert-OH is 1. The van der Waals surface area contributed by atoms with Gasteiger partial charge in [0.25, 0.3) is 0 Å². The highest BCUT2D eigenvalue weighted by atomic mass is 16.5. The third-order valence-corrected chi connectivity index (χ3v) is 2.56. The summed E-state index contributed by atoms with van der Waals surface area (Å²) in [5.41, 5.74) is -1.30. The van der Waals surface area contributed by atoms with Crippen LogP contribution in [0.15, 0.2) is 4.52 Å². The Bertz CT molecular complexity index is 403. The van der Waals surface area contributed by atoms with Gasteiger partial charge in [-0.3, -0.25) is 4.79 Å². The molecule has 1 atom stereocenters. The number of aromatic nitrogens is 2. The monoisotopic (exact) mass is 271 g/mol. The van der Waals surface area contributed by atoms with E-state index in [1.807, 2.05) is 6.92 Å². The van der Waals surface area contributed by atoms with Crippen molar-refractivity contribution in [3.63, 3.8) is 0 Å². The molecular formula is C12H21N3O4. The van der Waals surface area contributed by atoms with Crippen LogP contribution in [0.5, 0.6) is 0 Å². The van der Waals surface area contributed by atoms with Gasteiger partial charge in [0.1, 0.15) is 5.60 Å². The lowest BCUT2D eigenvalue weighted by molar-refractivity contribution is -0.122. The molecule has 0 aliphatic rings. The summed E-state index contributed by atoms with van der Waals surface area (Å²) >= 11 is 0. The van der Waals surface area contributed by atoms with E-state index in [2.05, 4.69) is 15.5 Å². The predicted molar refractivity (Wildman–Crippen MR) is 67.3 cm³/mol. The number of amides is 1. The van der Waals surface area contributed by atoms with Gasteiger partial charge < -0.3 is 20.1 Å². The highest BCUT2D eigenvalue weighted by Gasteiger charge is 2.19. The van der Waals surface area contributed by atoms with E-state index >= 15 is 0 Å². The Morgan fingerprint density at radius 1 is 1.47 bits per heavy atom. The summed E-state index contributed by atoms with van der Waals surface area (Å²) in [7, 11) is 0. The molecule has 1 aromatic heterocycles. The zero-order valence-electron chi connectivity index (χ0n) is 11.3. The van der Waals surface area contributed by atoms with Crippen LogP contribution >= 0.6 is 0 Å². The number of hydrogen-bond acceptors (Lipinski definition) is 6. The van der Waals surface area contributed by atoms with Crippen molar-refractivity contribution >= 4 is 5.91 Å². The number of carbonyl (C=O) groups excluding carboxylic acids is 1. The molecule has 1 heterocycles. The second-order valence-corrected chi connectivity index (χ2v) is 4.79. The molecule has 1 aromatic rings. The molecule has 0 bridgehead atoms. The van der Waals surface area contributed by atoms with Crippen molar-refractivity contribution in [2.24, 2.45) is 0 Å². The molecule has 0 saturated heterocycles. The Morgan fingerprint density at radius 3 is 2.84 bits per heavy atom. The van der Waals surface area contributed by atoms with Gasteiger partial charge in [-0.15, -0.1) is 0 Å². The second-order valence-electron chi connectivity index (χ2n) is 4.79. The molecule has 0 aromatic carbocycles. The fourth-order valence-corrected chi connectivity index (χ4v) is 1.37. The normalized spacial score (nSPS) is 14.1. The quantitative estimate of drug-likeness (QED) is 0.605. The van der Waals surface area contributed by atoms with Crippen LogP contribution < -0.4 is 5.32 Å². The summed E-state index contributed by atoms with van der Waals surface area (Å²) in [5, 5.41) is 24.7. The second kappa shape index (κ2) is 7.20. The van der Waals surface area contributed by atoms with Gasteiger partial charge in [0, 0.05) is 25.8 Å². The van der Waals surface area contributed by atoms with Crippen LogP contribution in [-0.2, 0) is 17.6 Å². The molecule has 1 amide bonds. The minimum atomic E-state index is -1.30. The Hall–Kier alpha value is -1.47.